The fourth-order valence-electron chi connectivity index (χ4n) is 3.58. The van der Waals surface area contributed by atoms with Crippen molar-refractivity contribution in [3.8, 4) is 0 Å². The summed E-state index contributed by atoms with van der Waals surface area (Å²) in [6, 6.07) is 0.320. The van der Waals surface area contributed by atoms with Gasteiger partial charge in [0.25, 0.3) is 0 Å². The summed E-state index contributed by atoms with van der Waals surface area (Å²) in [5.41, 5.74) is 0. The largest absolute Gasteiger partial charge is 0.377 e. The second-order valence-corrected chi connectivity index (χ2v) is 6.35. The van der Waals surface area contributed by atoms with Gasteiger partial charge in [-0.05, 0) is 32.2 Å². The third-order valence-electron chi connectivity index (χ3n) is 4.74. The molecule has 1 aromatic rings. The maximum Gasteiger partial charge on any atom is 0.223 e. The topological polar surface area (TPSA) is 51.4 Å². The van der Waals surface area contributed by atoms with Crippen LogP contribution in [-0.2, 0) is 4.74 Å². The molecule has 1 atom stereocenters. The zero-order valence-electron chi connectivity index (χ0n) is 13.1. The second-order valence-electron chi connectivity index (χ2n) is 6.35. The molecule has 1 saturated carbocycles. The monoisotopic (exact) mass is 293 g/mol. The highest BCUT2D eigenvalue weighted by Crippen LogP contribution is 2.29. The van der Waals surface area contributed by atoms with Crippen molar-refractivity contribution in [2.75, 3.05) is 19.7 Å². The predicted molar refractivity (Wildman–Crippen MR) is 80.0 cm³/mol. The van der Waals surface area contributed by atoms with Gasteiger partial charge in [-0.2, -0.15) is 4.98 Å². The Morgan fingerprint density at radius 3 is 2.67 bits per heavy atom. The van der Waals surface area contributed by atoms with E-state index in [0.717, 1.165) is 31.9 Å². The molecule has 5 nitrogen and oxygen atoms in total. The molecule has 1 aliphatic heterocycles. The Morgan fingerprint density at radius 1 is 1.14 bits per heavy atom. The van der Waals surface area contributed by atoms with Crippen LogP contribution in [-0.4, -0.2) is 40.8 Å². The van der Waals surface area contributed by atoms with Gasteiger partial charge in [-0.15, -0.1) is 0 Å². The highest BCUT2D eigenvalue weighted by molar-refractivity contribution is 4.97. The third-order valence-corrected chi connectivity index (χ3v) is 4.74. The Balaban J connectivity index is 1.45. The number of nitrogens with zero attached hydrogens (tertiary/aromatic N) is 3. The lowest BCUT2D eigenvalue weighted by Gasteiger charge is -2.23. The summed E-state index contributed by atoms with van der Waals surface area (Å²) in [5, 5.41) is 4.09. The van der Waals surface area contributed by atoms with E-state index in [1.807, 2.05) is 6.92 Å². The predicted octanol–water partition coefficient (Wildman–Crippen LogP) is 3.25. The first-order chi connectivity index (χ1) is 10.3. The van der Waals surface area contributed by atoms with Crippen LogP contribution in [0.5, 0.6) is 0 Å². The molecular formula is C16H27N3O2. The van der Waals surface area contributed by atoms with Crippen molar-refractivity contribution in [1.29, 1.82) is 0 Å². The van der Waals surface area contributed by atoms with Crippen LogP contribution in [0, 0.1) is 6.92 Å². The summed E-state index contributed by atoms with van der Waals surface area (Å²) < 4.78 is 11.2. The Bertz CT molecular complexity index is 427. The average molecular weight is 293 g/mol. The summed E-state index contributed by atoms with van der Waals surface area (Å²) >= 11 is 0. The lowest BCUT2D eigenvalue weighted by atomic mass is 10.1. The van der Waals surface area contributed by atoms with Crippen LogP contribution in [0.25, 0.3) is 0 Å². The Labute approximate surface area is 127 Å². The maximum atomic E-state index is 6.11. The van der Waals surface area contributed by atoms with Crippen molar-refractivity contribution in [2.24, 2.45) is 0 Å². The van der Waals surface area contributed by atoms with Gasteiger partial charge in [0.2, 0.25) is 5.89 Å². The Kier molecular flexibility index (Phi) is 5.25. The number of rotatable bonds is 5. The van der Waals surface area contributed by atoms with Crippen LogP contribution >= 0.6 is 0 Å². The molecule has 0 N–H and O–H groups in total. The molecule has 0 spiro atoms. The van der Waals surface area contributed by atoms with Crippen LogP contribution in [0.1, 0.15) is 69.1 Å². The van der Waals surface area contributed by atoms with Crippen LogP contribution in [0.2, 0.25) is 0 Å². The molecule has 0 radical (unpaired) electrons. The highest BCUT2D eigenvalue weighted by Gasteiger charge is 2.29. The standard InChI is InChI=1S/C16H27N3O2/c1-13-17-16(18-21-13)15-9-6-10-19(15)11-12-20-14-7-4-2-3-5-8-14/h14-15H,2-12H2,1H3/t15-/m0/s1. The first-order valence-electron chi connectivity index (χ1n) is 8.49. The third kappa shape index (κ3) is 4.04. The molecule has 2 heterocycles. The molecule has 2 fully saturated rings. The highest BCUT2D eigenvalue weighted by atomic mass is 16.5. The molecule has 1 aliphatic carbocycles. The van der Waals surface area contributed by atoms with Gasteiger partial charge in [0.15, 0.2) is 5.82 Å². The molecule has 2 aliphatic rings. The molecule has 0 unspecified atom stereocenters. The molecule has 3 rings (SSSR count). The number of hydrogen-bond acceptors (Lipinski definition) is 5. The molecule has 118 valence electrons. The van der Waals surface area contributed by atoms with Gasteiger partial charge in [-0.1, -0.05) is 30.8 Å². The van der Waals surface area contributed by atoms with Gasteiger partial charge in [0.05, 0.1) is 18.8 Å². The van der Waals surface area contributed by atoms with Crippen molar-refractivity contribution >= 4 is 0 Å². The van der Waals surface area contributed by atoms with E-state index in [1.165, 1.54) is 44.9 Å². The van der Waals surface area contributed by atoms with Gasteiger partial charge in [0, 0.05) is 13.5 Å². The van der Waals surface area contributed by atoms with E-state index in [0.29, 0.717) is 18.0 Å². The van der Waals surface area contributed by atoms with Crippen molar-refractivity contribution in [2.45, 2.75) is 70.4 Å². The lowest BCUT2D eigenvalue weighted by Crippen LogP contribution is -2.29. The fourth-order valence-corrected chi connectivity index (χ4v) is 3.58. The summed E-state index contributed by atoms with van der Waals surface area (Å²) in [5.74, 6) is 1.51. The van der Waals surface area contributed by atoms with E-state index in [-0.39, 0.29) is 0 Å². The summed E-state index contributed by atoms with van der Waals surface area (Å²) in [6.07, 6.45) is 10.7. The van der Waals surface area contributed by atoms with E-state index in [4.69, 9.17) is 9.26 Å². The zero-order valence-corrected chi connectivity index (χ0v) is 13.1. The van der Waals surface area contributed by atoms with Crippen molar-refractivity contribution in [3.05, 3.63) is 11.7 Å². The minimum absolute atomic E-state index is 0.320. The Morgan fingerprint density at radius 2 is 1.95 bits per heavy atom. The van der Waals surface area contributed by atoms with Crippen molar-refractivity contribution in [1.82, 2.24) is 15.0 Å². The van der Waals surface area contributed by atoms with Crippen LogP contribution < -0.4 is 0 Å². The first kappa shape index (κ1) is 15.0. The van der Waals surface area contributed by atoms with Gasteiger partial charge in [-0.25, -0.2) is 0 Å². The number of aryl methyl sites for hydroxylation is 1. The first-order valence-corrected chi connectivity index (χ1v) is 8.49. The van der Waals surface area contributed by atoms with Crippen molar-refractivity contribution in [3.63, 3.8) is 0 Å². The minimum Gasteiger partial charge on any atom is -0.377 e. The molecule has 5 heteroatoms. The van der Waals surface area contributed by atoms with Gasteiger partial charge in [0.1, 0.15) is 0 Å². The molecular weight excluding hydrogens is 266 g/mol. The smallest absolute Gasteiger partial charge is 0.223 e. The van der Waals surface area contributed by atoms with E-state index in [9.17, 15) is 0 Å². The normalized spacial score (nSPS) is 25.3. The SMILES string of the molecule is Cc1nc([C@@H]2CCCN2CCOC2CCCCCC2)no1. The molecule has 0 amide bonds. The Hall–Kier alpha value is -0.940. The van der Waals surface area contributed by atoms with E-state index < -0.39 is 0 Å². The molecule has 0 bridgehead atoms. The number of ether oxygens (including phenoxy) is 1. The van der Waals surface area contributed by atoms with Crippen LogP contribution in [0.15, 0.2) is 4.52 Å². The van der Waals surface area contributed by atoms with E-state index in [2.05, 4.69) is 15.0 Å². The minimum atomic E-state index is 0.320. The zero-order chi connectivity index (χ0) is 14.5. The lowest BCUT2D eigenvalue weighted by molar-refractivity contribution is 0.0263. The molecule has 1 aromatic heterocycles. The molecule has 1 saturated heterocycles. The summed E-state index contributed by atoms with van der Waals surface area (Å²) in [4.78, 5) is 6.84. The molecule has 0 aromatic carbocycles. The number of hydrogen-bond donors (Lipinski definition) is 0. The van der Waals surface area contributed by atoms with E-state index >= 15 is 0 Å². The van der Waals surface area contributed by atoms with E-state index in [1.54, 1.807) is 0 Å². The van der Waals surface area contributed by atoms with Crippen LogP contribution in [0.3, 0.4) is 0 Å². The van der Waals surface area contributed by atoms with Gasteiger partial charge >= 0.3 is 0 Å². The van der Waals surface area contributed by atoms with Crippen LogP contribution in [0.4, 0.5) is 0 Å². The summed E-state index contributed by atoms with van der Waals surface area (Å²) in [7, 11) is 0. The average Bonchev–Trinajstić information content (AvgIpc) is 3.02. The fraction of sp³-hybridized carbons (Fsp3) is 0.875. The quantitative estimate of drug-likeness (QED) is 0.780. The second kappa shape index (κ2) is 7.36. The number of aromatic nitrogens is 2. The molecule has 21 heavy (non-hydrogen) atoms. The number of likely N-dealkylation sites (tertiary alicyclic amines) is 1. The van der Waals surface area contributed by atoms with Gasteiger partial charge < -0.3 is 9.26 Å². The summed E-state index contributed by atoms with van der Waals surface area (Å²) in [6.45, 7) is 4.78. The van der Waals surface area contributed by atoms with Gasteiger partial charge in [-0.3, -0.25) is 4.90 Å². The maximum absolute atomic E-state index is 6.11. The van der Waals surface area contributed by atoms with Crippen molar-refractivity contribution < 1.29 is 9.26 Å².